The molecular formula is C11H15N3O. The lowest BCUT2D eigenvalue weighted by Crippen LogP contribution is -1.99. The number of hydrogen-bond donors (Lipinski definition) is 3. The molecule has 1 aromatic carbocycles. The lowest BCUT2D eigenvalue weighted by Gasteiger charge is -1.93. The molecule has 0 saturated heterocycles. The van der Waals surface area contributed by atoms with Crippen LogP contribution >= 0.6 is 0 Å². The van der Waals surface area contributed by atoms with Crippen LogP contribution < -0.4 is 5.73 Å². The summed E-state index contributed by atoms with van der Waals surface area (Å²) in [6, 6.07) is 5.15. The SMILES string of the molecule is NCCCCc1nc2ccc(O)cc2[nH]1. The number of fused-ring (bicyclic) bond motifs is 1. The van der Waals surface area contributed by atoms with Crippen LogP contribution in [0.4, 0.5) is 0 Å². The zero-order valence-corrected chi connectivity index (χ0v) is 8.53. The predicted octanol–water partition coefficient (Wildman–Crippen LogP) is 1.55. The number of aromatic hydroxyl groups is 1. The number of nitrogens with zero attached hydrogens (tertiary/aromatic N) is 1. The maximum atomic E-state index is 9.29. The van der Waals surface area contributed by atoms with Crippen molar-refractivity contribution in [1.29, 1.82) is 0 Å². The number of nitrogens with two attached hydrogens (primary N) is 1. The third-order valence-corrected chi connectivity index (χ3v) is 2.38. The third kappa shape index (κ3) is 2.27. The van der Waals surface area contributed by atoms with Crippen LogP contribution in [0, 0.1) is 0 Å². The van der Waals surface area contributed by atoms with Crippen LogP contribution in [0.2, 0.25) is 0 Å². The number of rotatable bonds is 4. The van der Waals surface area contributed by atoms with E-state index < -0.39 is 0 Å². The van der Waals surface area contributed by atoms with Gasteiger partial charge in [0.1, 0.15) is 11.6 Å². The summed E-state index contributed by atoms with van der Waals surface area (Å²) in [5, 5.41) is 9.29. The van der Waals surface area contributed by atoms with Gasteiger partial charge in [0.15, 0.2) is 0 Å². The first-order valence-electron chi connectivity index (χ1n) is 5.17. The molecule has 0 atom stereocenters. The minimum absolute atomic E-state index is 0.264. The van der Waals surface area contributed by atoms with Crippen molar-refractivity contribution in [2.75, 3.05) is 6.54 Å². The molecule has 0 aliphatic rings. The number of imidazole rings is 1. The first-order chi connectivity index (χ1) is 7.29. The highest BCUT2D eigenvalue weighted by atomic mass is 16.3. The number of aryl methyl sites for hydroxylation is 1. The summed E-state index contributed by atoms with van der Waals surface area (Å²) in [7, 11) is 0. The molecule has 0 fully saturated rings. The summed E-state index contributed by atoms with van der Waals surface area (Å²) in [6.07, 6.45) is 2.97. The van der Waals surface area contributed by atoms with E-state index in [9.17, 15) is 5.11 Å². The van der Waals surface area contributed by atoms with Crippen molar-refractivity contribution in [3.63, 3.8) is 0 Å². The zero-order valence-electron chi connectivity index (χ0n) is 8.53. The standard InChI is InChI=1S/C11H15N3O/c12-6-2-1-3-11-13-9-5-4-8(15)7-10(9)14-11/h4-5,7,15H,1-3,6,12H2,(H,13,14). The fraction of sp³-hybridized carbons (Fsp3) is 0.364. The molecule has 4 nitrogen and oxygen atoms in total. The zero-order chi connectivity index (χ0) is 10.7. The van der Waals surface area contributed by atoms with Crippen molar-refractivity contribution in [3.05, 3.63) is 24.0 Å². The molecule has 4 N–H and O–H groups in total. The van der Waals surface area contributed by atoms with E-state index in [4.69, 9.17) is 5.73 Å². The summed E-state index contributed by atoms with van der Waals surface area (Å²) in [5.41, 5.74) is 7.21. The largest absolute Gasteiger partial charge is 0.508 e. The Balaban J connectivity index is 2.16. The van der Waals surface area contributed by atoms with Crippen LogP contribution in [-0.2, 0) is 6.42 Å². The van der Waals surface area contributed by atoms with E-state index in [0.29, 0.717) is 0 Å². The van der Waals surface area contributed by atoms with Crippen molar-refractivity contribution in [3.8, 4) is 5.75 Å². The first kappa shape index (κ1) is 9.98. The van der Waals surface area contributed by atoms with Crippen LogP contribution in [0.5, 0.6) is 5.75 Å². The van der Waals surface area contributed by atoms with Crippen LogP contribution in [-0.4, -0.2) is 21.6 Å². The van der Waals surface area contributed by atoms with E-state index in [2.05, 4.69) is 9.97 Å². The maximum absolute atomic E-state index is 9.29. The number of hydrogen-bond acceptors (Lipinski definition) is 3. The smallest absolute Gasteiger partial charge is 0.117 e. The quantitative estimate of drug-likeness (QED) is 0.663. The maximum Gasteiger partial charge on any atom is 0.117 e. The number of phenols is 1. The lowest BCUT2D eigenvalue weighted by molar-refractivity contribution is 0.476. The summed E-state index contributed by atoms with van der Waals surface area (Å²) < 4.78 is 0. The molecule has 0 bridgehead atoms. The number of H-pyrrole nitrogens is 1. The monoisotopic (exact) mass is 205 g/mol. The predicted molar refractivity (Wildman–Crippen MR) is 59.8 cm³/mol. The van der Waals surface area contributed by atoms with Crippen molar-refractivity contribution in [2.24, 2.45) is 5.73 Å². The second-order valence-corrected chi connectivity index (χ2v) is 3.63. The van der Waals surface area contributed by atoms with E-state index in [1.165, 1.54) is 0 Å². The Morgan fingerprint density at radius 1 is 1.33 bits per heavy atom. The minimum atomic E-state index is 0.264. The number of nitrogens with one attached hydrogen (secondary N) is 1. The summed E-state index contributed by atoms with van der Waals surface area (Å²) in [6.45, 7) is 0.723. The van der Waals surface area contributed by atoms with Gasteiger partial charge in [-0.25, -0.2) is 4.98 Å². The summed E-state index contributed by atoms with van der Waals surface area (Å²) >= 11 is 0. The van der Waals surface area contributed by atoms with E-state index in [0.717, 1.165) is 42.7 Å². The van der Waals surface area contributed by atoms with E-state index >= 15 is 0 Å². The van der Waals surface area contributed by atoms with Gasteiger partial charge in [0.25, 0.3) is 0 Å². The first-order valence-corrected chi connectivity index (χ1v) is 5.17. The fourth-order valence-corrected chi connectivity index (χ4v) is 1.61. The Morgan fingerprint density at radius 2 is 2.20 bits per heavy atom. The molecule has 0 aliphatic carbocycles. The van der Waals surface area contributed by atoms with Gasteiger partial charge in [0, 0.05) is 12.5 Å². The molecule has 80 valence electrons. The number of benzene rings is 1. The molecule has 0 radical (unpaired) electrons. The van der Waals surface area contributed by atoms with Crippen LogP contribution in [0.3, 0.4) is 0 Å². The molecular weight excluding hydrogens is 190 g/mol. The third-order valence-electron chi connectivity index (χ3n) is 2.38. The van der Waals surface area contributed by atoms with Gasteiger partial charge in [0.2, 0.25) is 0 Å². The molecule has 0 saturated carbocycles. The number of aromatic nitrogens is 2. The lowest BCUT2D eigenvalue weighted by atomic mass is 10.2. The van der Waals surface area contributed by atoms with E-state index in [1.54, 1.807) is 12.1 Å². The number of unbranched alkanes of at least 4 members (excludes halogenated alkanes) is 1. The van der Waals surface area contributed by atoms with Gasteiger partial charge in [-0.05, 0) is 31.5 Å². The molecule has 0 spiro atoms. The van der Waals surface area contributed by atoms with Crippen molar-refractivity contribution in [2.45, 2.75) is 19.3 Å². The van der Waals surface area contributed by atoms with Gasteiger partial charge in [0.05, 0.1) is 11.0 Å². The Hall–Kier alpha value is -1.55. The Labute approximate surface area is 88.1 Å². The summed E-state index contributed by atoms with van der Waals surface area (Å²) in [5.74, 6) is 1.23. The Kier molecular flexibility index (Phi) is 2.87. The van der Waals surface area contributed by atoms with Crippen molar-refractivity contribution in [1.82, 2.24) is 9.97 Å². The van der Waals surface area contributed by atoms with Gasteiger partial charge in [-0.1, -0.05) is 0 Å². The van der Waals surface area contributed by atoms with Crippen LogP contribution in [0.1, 0.15) is 18.7 Å². The molecule has 2 rings (SSSR count). The highest BCUT2D eigenvalue weighted by Crippen LogP contribution is 2.18. The highest BCUT2D eigenvalue weighted by molar-refractivity contribution is 5.76. The topological polar surface area (TPSA) is 74.9 Å². The van der Waals surface area contributed by atoms with Crippen LogP contribution in [0.25, 0.3) is 11.0 Å². The molecule has 0 unspecified atom stereocenters. The van der Waals surface area contributed by atoms with Crippen molar-refractivity contribution < 1.29 is 5.11 Å². The fourth-order valence-electron chi connectivity index (χ4n) is 1.61. The number of aromatic amines is 1. The molecule has 15 heavy (non-hydrogen) atoms. The van der Waals surface area contributed by atoms with Gasteiger partial charge in [-0.2, -0.15) is 0 Å². The molecule has 1 aromatic heterocycles. The van der Waals surface area contributed by atoms with Crippen LogP contribution in [0.15, 0.2) is 18.2 Å². The van der Waals surface area contributed by atoms with Crippen molar-refractivity contribution >= 4 is 11.0 Å². The van der Waals surface area contributed by atoms with Gasteiger partial charge < -0.3 is 15.8 Å². The molecule has 0 amide bonds. The van der Waals surface area contributed by atoms with Gasteiger partial charge in [-0.3, -0.25) is 0 Å². The van der Waals surface area contributed by atoms with E-state index in [-0.39, 0.29) is 5.75 Å². The average molecular weight is 205 g/mol. The molecule has 4 heteroatoms. The normalized spacial score (nSPS) is 11.0. The molecule has 2 aromatic rings. The Morgan fingerprint density at radius 3 is 3.00 bits per heavy atom. The highest BCUT2D eigenvalue weighted by Gasteiger charge is 2.02. The second-order valence-electron chi connectivity index (χ2n) is 3.63. The molecule has 1 heterocycles. The van der Waals surface area contributed by atoms with E-state index in [1.807, 2.05) is 6.07 Å². The number of phenolic OH excluding ortho intramolecular Hbond substituents is 1. The molecule has 0 aliphatic heterocycles. The minimum Gasteiger partial charge on any atom is -0.508 e. The average Bonchev–Trinajstić information content (AvgIpc) is 2.60. The Bertz CT molecular complexity index is 450. The van der Waals surface area contributed by atoms with Gasteiger partial charge in [-0.15, -0.1) is 0 Å². The summed E-state index contributed by atoms with van der Waals surface area (Å²) in [4.78, 5) is 7.60. The van der Waals surface area contributed by atoms with Gasteiger partial charge >= 0.3 is 0 Å². The second kappa shape index (κ2) is 4.31.